The Kier molecular flexibility index (Phi) is 4.61. The average molecular weight is 243 g/mol. The molecular formula is C11H14FNO2S. The van der Waals surface area contributed by atoms with Crippen molar-refractivity contribution in [3.05, 3.63) is 24.0 Å². The largest absolute Gasteiger partial charge is 0.508 e. The maximum atomic E-state index is 12.9. The molecule has 1 aromatic carbocycles. The number of carbonyl (C=O) groups excluding carboxylic acids is 1. The number of carbonyl (C=O) groups is 1. The molecule has 0 aliphatic rings. The molecule has 1 rings (SSSR count). The first-order chi connectivity index (χ1) is 7.56. The average Bonchev–Trinajstić information content (AvgIpc) is 2.17. The fourth-order valence-corrected chi connectivity index (χ4v) is 1.93. The Morgan fingerprint density at radius 3 is 2.75 bits per heavy atom. The minimum absolute atomic E-state index is 0.162. The highest BCUT2D eigenvalue weighted by molar-refractivity contribution is 7.99. The first kappa shape index (κ1) is 12.8. The van der Waals surface area contributed by atoms with E-state index in [1.807, 2.05) is 13.2 Å². The highest BCUT2D eigenvalue weighted by Gasteiger charge is 2.15. The van der Waals surface area contributed by atoms with Gasteiger partial charge in [-0.1, -0.05) is 6.92 Å². The fourth-order valence-electron chi connectivity index (χ4n) is 1.33. The predicted molar refractivity (Wildman–Crippen MR) is 64.3 cm³/mol. The third-order valence-electron chi connectivity index (χ3n) is 2.10. The summed E-state index contributed by atoms with van der Waals surface area (Å²) in [5, 5.41) is 11.6. The van der Waals surface area contributed by atoms with Gasteiger partial charge in [0.05, 0.1) is 5.25 Å². The van der Waals surface area contributed by atoms with Gasteiger partial charge in [0.1, 0.15) is 11.6 Å². The number of benzene rings is 1. The first-order valence-electron chi connectivity index (χ1n) is 4.90. The smallest absolute Gasteiger partial charge is 0.237 e. The van der Waals surface area contributed by atoms with Crippen LogP contribution < -0.4 is 5.32 Å². The van der Waals surface area contributed by atoms with E-state index < -0.39 is 5.82 Å². The molecule has 1 aromatic rings. The Morgan fingerprint density at radius 1 is 1.56 bits per heavy atom. The molecule has 0 aliphatic carbocycles. The summed E-state index contributed by atoms with van der Waals surface area (Å²) in [6, 6.07) is 3.47. The molecule has 0 saturated carbocycles. The molecule has 0 spiro atoms. The van der Waals surface area contributed by atoms with Gasteiger partial charge >= 0.3 is 0 Å². The molecular weight excluding hydrogens is 229 g/mol. The molecule has 2 N–H and O–H groups in total. The lowest BCUT2D eigenvalue weighted by molar-refractivity contribution is -0.115. The Bertz CT molecular complexity index is 360. The van der Waals surface area contributed by atoms with Crippen LogP contribution in [0.4, 0.5) is 10.1 Å². The standard InChI is InChI=1S/C11H14FNO2S/c1-3-10(16-2)11(15)13-8-4-7(12)5-9(14)6-8/h4-6,10,14H,3H2,1-2H3,(H,13,15). The van der Waals surface area contributed by atoms with Crippen LogP contribution in [0.2, 0.25) is 0 Å². The number of aromatic hydroxyl groups is 1. The highest BCUT2D eigenvalue weighted by atomic mass is 32.2. The van der Waals surface area contributed by atoms with Crippen molar-refractivity contribution in [2.45, 2.75) is 18.6 Å². The molecule has 0 fully saturated rings. The van der Waals surface area contributed by atoms with Crippen molar-refractivity contribution >= 4 is 23.4 Å². The monoisotopic (exact) mass is 243 g/mol. The maximum absolute atomic E-state index is 12.9. The maximum Gasteiger partial charge on any atom is 0.237 e. The minimum atomic E-state index is -0.576. The van der Waals surface area contributed by atoms with E-state index in [0.29, 0.717) is 6.42 Å². The van der Waals surface area contributed by atoms with E-state index >= 15 is 0 Å². The molecule has 16 heavy (non-hydrogen) atoms. The second-order valence-electron chi connectivity index (χ2n) is 3.32. The van der Waals surface area contributed by atoms with E-state index in [0.717, 1.165) is 6.07 Å². The van der Waals surface area contributed by atoms with E-state index in [9.17, 15) is 9.18 Å². The summed E-state index contributed by atoms with van der Waals surface area (Å²) in [7, 11) is 0. The van der Waals surface area contributed by atoms with E-state index in [1.54, 1.807) is 0 Å². The summed E-state index contributed by atoms with van der Waals surface area (Å²) in [4.78, 5) is 11.7. The van der Waals surface area contributed by atoms with E-state index in [2.05, 4.69) is 5.32 Å². The van der Waals surface area contributed by atoms with Crippen LogP contribution in [0.1, 0.15) is 13.3 Å². The fraction of sp³-hybridized carbons (Fsp3) is 0.364. The van der Waals surface area contributed by atoms with Crippen LogP contribution in [0, 0.1) is 5.82 Å². The second-order valence-corrected chi connectivity index (χ2v) is 4.36. The number of nitrogens with one attached hydrogen (secondary N) is 1. The predicted octanol–water partition coefficient (Wildman–Crippen LogP) is 2.61. The highest BCUT2D eigenvalue weighted by Crippen LogP contribution is 2.20. The summed E-state index contributed by atoms with van der Waals surface area (Å²) < 4.78 is 12.9. The quantitative estimate of drug-likeness (QED) is 0.854. The Morgan fingerprint density at radius 2 is 2.25 bits per heavy atom. The van der Waals surface area contributed by atoms with Crippen LogP contribution in [0.3, 0.4) is 0 Å². The molecule has 0 saturated heterocycles. The van der Waals surface area contributed by atoms with Gasteiger partial charge < -0.3 is 10.4 Å². The van der Waals surface area contributed by atoms with Crippen LogP contribution in [0.25, 0.3) is 0 Å². The minimum Gasteiger partial charge on any atom is -0.508 e. The molecule has 0 heterocycles. The molecule has 1 atom stereocenters. The number of amides is 1. The number of hydrogen-bond acceptors (Lipinski definition) is 3. The molecule has 0 aromatic heterocycles. The molecule has 88 valence electrons. The Balaban J connectivity index is 2.76. The van der Waals surface area contributed by atoms with Crippen molar-refractivity contribution in [1.82, 2.24) is 0 Å². The van der Waals surface area contributed by atoms with Gasteiger partial charge in [-0.3, -0.25) is 4.79 Å². The van der Waals surface area contributed by atoms with Gasteiger partial charge in [-0.2, -0.15) is 11.8 Å². The van der Waals surface area contributed by atoms with Crippen LogP contribution in [-0.2, 0) is 4.79 Å². The van der Waals surface area contributed by atoms with Gasteiger partial charge in [0.25, 0.3) is 0 Å². The normalized spacial score (nSPS) is 12.2. The number of anilines is 1. The van der Waals surface area contributed by atoms with Gasteiger partial charge in [0.2, 0.25) is 5.91 Å². The lowest BCUT2D eigenvalue weighted by atomic mass is 10.2. The number of rotatable bonds is 4. The van der Waals surface area contributed by atoms with Gasteiger partial charge in [-0.05, 0) is 18.7 Å². The van der Waals surface area contributed by atoms with E-state index in [-0.39, 0.29) is 22.6 Å². The van der Waals surface area contributed by atoms with Crippen LogP contribution >= 0.6 is 11.8 Å². The molecule has 0 bridgehead atoms. The number of phenolic OH excluding ortho intramolecular Hbond substituents is 1. The summed E-state index contributed by atoms with van der Waals surface area (Å²) in [5.41, 5.74) is 0.273. The van der Waals surface area contributed by atoms with E-state index in [1.165, 1.54) is 23.9 Å². The third kappa shape index (κ3) is 3.41. The molecule has 0 radical (unpaired) electrons. The third-order valence-corrected chi connectivity index (χ3v) is 3.21. The summed E-state index contributed by atoms with van der Waals surface area (Å²) in [5.74, 6) is -0.958. The van der Waals surface area contributed by atoms with E-state index in [4.69, 9.17) is 5.11 Å². The van der Waals surface area contributed by atoms with Crippen molar-refractivity contribution < 1.29 is 14.3 Å². The molecule has 1 amide bonds. The topological polar surface area (TPSA) is 49.3 Å². The molecule has 0 aliphatic heterocycles. The zero-order valence-corrected chi connectivity index (χ0v) is 9.97. The Hall–Kier alpha value is -1.23. The molecule has 5 heteroatoms. The van der Waals surface area contributed by atoms with Crippen LogP contribution in [0.5, 0.6) is 5.75 Å². The molecule has 3 nitrogen and oxygen atoms in total. The van der Waals surface area contributed by atoms with Crippen molar-refractivity contribution in [3.63, 3.8) is 0 Å². The second kappa shape index (κ2) is 5.75. The summed E-state index contributed by atoms with van der Waals surface area (Å²) in [6.07, 6.45) is 2.55. The summed E-state index contributed by atoms with van der Waals surface area (Å²) in [6.45, 7) is 1.91. The van der Waals surface area contributed by atoms with Gasteiger partial charge in [-0.25, -0.2) is 4.39 Å². The SMILES string of the molecule is CCC(SC)C(=O)Nc1cc(O)cc(F)c1. The van der Waals surface area contributed by atoms with Crippen molar-refractivity contribution in [1.29, 1.82) is 0 Å². The number of halogens is 1. The lowest BCUT2D eigenvalue weighted by Crippen LogP contribution is -2.24. The number of phenols is 1. The van der Waals surface area contributed by atoms with Crippen molar-refractivity contribution in [2.75, 3.05) is 11.6 Å². The number of thioether (sulfide) groups is 1. The van der Waals surface area contributed by atoms with Crippen LogP contribution in [0.15, 0.2) is 18.2 Å². The molecule has 1 unspecified atom stereocenters. The van der Waals surface area contributed by atoms with Crippen molar-refractivity contribution in [3.8, 4) is 5.75 Å². The zero-order chi connectivity index (χ0) is 12.1. The number of hydrogen-bond donors (Lipinski definition) is 2. The zero-order valence-electron chi connectivity index (χ0n) is 9.16. The summed E-state index contributed by atoms with van der Waals surface area (Å²) >= 11 is 1.44. The van der Waals surface area contributed by atoms with Gasteiger partial charge in [0.15, 0.2) is 0 Å². The van der Waals surface area contributed by atoms with Gasteiger partial charge in [-0.15, -0.1) is 0 Å². The van der Waals surface area contributed by atoms with Crippen molar-refractivity contribution in [2.24, 2.45) is 0 Å². The Labute approximate surface area is 98.1 Å². The van der Waals surface area contributed by atoms with Gasteiger partial charge in [0, 0.05) is 17.8 Å². The lowest BCUT2D eigenvalue weighted by Gasteiger charge is -2.12. The van der Waals surface area contributed by atoms with Crippen LogP contribution in [-0.4, -0.2) is 22.5 Å². The first-order valence-corrected chi connectivity index (χ1v) is 6.18.